The highest BCUT2D eigenvalue weighted by Gasteiger charge is 2.39. The molecule has 0 N–H and O–H groups in total. The fourth-order valence-electron chi connectivity index (χ4n) is 3.60. The van der Waals surface area contributed by atoms with Gasteiger partial charge in [0.2, 0.25) is 11.8 Å². The molecule has 2 aliphatic rings. The average Bonchev–Trinajstić information content (AvgIpc) is 2.97. The summed E-state index contributed by atoms with van der Waals surface area (Å²) < 4.78 is 0. The smallest absolute Gasteiger partial charge is 0.226 e. The lowest BCUT2D eigenvalue weighted by Crippen LogP contribution is -2.43. The standard InChI is InChI=1S/C18H32N2O2/c1-13(15(21)19-9-7-17(3,4)11-19)14(2)16(22)20-10-8-18(5,6)12-20/h13-14H,7-12H2,1-6H3/t13-,14-/m1/s1. The van der Waals surface area contributed by atoms with E-state index in [0.29, 0.717) is 0 Å². The van der Waals surface area contributed by atoms with Gasteiger partial charge in [-0.1, -0.05) is 41.5 Å². The van der Waals surface area contributed by atoms with Crippen LogP contribution in [0.3, 0.4) is 0 Å². The number of carbonyl (C=O) groups excluding carboxylic acids is 2. The Hall–Kier alpha value is -1.06. The Kier molecular flexibility index (Phi) is 4.61. The van der Waals surface area contributed by atoms with E-state index in [9.17, 15) is 9.59 Å². The first kappa shape index (κ1) is 17.3. The molecule has 2 aliphatic heterocycles. The Morgan fingerprint density at radius 1 is 0.773 bits per heavy atom. The van der Waals surface area contributed by atoms with Crippen molar-refractivity contribution in [1.82, 2.24) is 9.80 Å². The number of rotatable bonds is 3. The van der Waals surface area contributed by atoms with Crippen LogP contribution < -0.4 is 0 Å². The second-order valence-electron chi connectivity index (χ2n) is 8.93. The molecule has 2 fully saturated rings. The molecule has 2 rings (SSSR count). The summed E-state index contributed by atoms with van der Waals surface area (Å²) in [6, 6.07) is 0. The van der Waals surface area contributed by atoms with Crippen LogP contribution in [0.2, 0.25) is 0 Å². The van der Waals surface area contributed by atoms with Crippen LogP contribution in [0, 0.1) is 22.7 Å². The van der Waals surface area contributed by atoms with Crippen LogP contribution in [0.1, 0.15) is 54.4 Å². The number of carbonyl (C=O) groups is 2. The maximum atomic E-state index is 12.7. The van der Waals surface area contributed by atoms with Crippen LogP contribution in [0.25, 0.3) is 0 Å². The molecule has 4 nitrogen and oxygen atoms in total. The van der Waals surface area contributed by atoms with E-state index < -0.39 is 0 Å². The molecule has 0 aromatic rings. The molecule has 0 spiro atoms. The third-order valence-electron chi connectivity index (χ3n) is 5.51. The highest BCUT2D eigenvalue weighted by Crippen LogP contribution is 2.33. The first-order valence-electron chi connectivity index (χ1n) is 8.60. The molecule has 2 atom stereocenters. The summed E-state index contributed by atoms with van der Waals surface area (Å²) in [5, 5.41) is 0. The Labute approximate surface area is 135 Å². The Morgan fingerprint density at radius 3 is 1.32 bits per heavy atom. The maximum Gasteiger partial charge on any atom is 0.226 e. The van der Waals surface area contributed by atoms with Gasteiger partial charge in [0.25, 0.3) is 0 Å². The second-order valence-corrected chi connectivity index (χ2v) is 8.93. The molecular weight excluding hydrogens is 276 g/mol. The van der Waals surface area contributed by atoms with Crippen LogP contribution in [-0.4, -0.2) is 47.8 Å². The van der Waals surface area contributed by atoms with Crippen LogP contribution in [-0.2, 0) is 9.59 Å². The van der Waals surface area contributed by atoms with Gasteiger partial charge >= 0.3 is 0 Å². The number of likely N-dealkylation sites (tertiary alicyclic amines) is 2. The van der Waals surface area contributed by atoms with Crippen LogP contribution in [0.5, 0.6) is 0 Å². The molecule has 2 heterocycles. The minimum absolute atomic E-state index is 0.143. The largest absolute Gasteiger partial charge is 0.342 e. The van der Waals surface area contributed by atoms with Gasteiger partial charge in [0.05, 0.1) is 0 Å². The first-order chi connectivity index (χ1) is 10.0. The summed E-state index contributed by atoms with van der Waals surface area (Å²) in [5.41, 5.74) is 0.420. The van der Waals surface area contributed by atoms with Crippen molar-refractivity contribution in [2.45, 2.75) is 54.4 Å². The van der Waals surface area contributed by atoms with Gasteiger partial charge in [0.1, 0.15) is 0 Å². The van der Waals surface area contributed by atoms with Crippen molar-refractivity contribution in [2.75, 3.05) is 26.2 Å². The lowest BCUT2D eigenvalue weighted by atomic mass is 9.91. The molecule has 0 aliphatic carbocycles. The third kappa shape index (κ3) is 3.64. The van der Waals surface area contributed by atoms with Crippen molar-refractivity contribution in [3.63, 3.8) is 0 Å². The average molecular weight is 308 g/mol. The Morgan fingerprint density at radius 2 is 1.09 bits per heavy atom. The topological polar surface area (TPSA) is 40.6 Å². The van der Waals surface area contributed by atoms with Gasteiger partial charge in [-0.25, -0.2) is 0 Å². The lowest BCUT2D eigenvalue weighted by molar-refractivity contribution is -0.144. The lowest BCUT2D eigenvalue weighted by Gasteiger charge is -2.29. The van der Waals surface area contributed by atoms with E-state index in [0.717, 1.165) is 39.0 Å². The number of hydrogen-bond donors (Lipinski definition) is 0. The summed E-state index contributed by atoms with van der Waals surface area (Å²) in [6.45, 7) is 15.9. The van der Waals surface area contributed by atoms with E-state index in [1.54, 1.807) is 0 Å². The third-order valence-corrected chi connectivity index (χ3v) is 5.51. The summed E-state index contributed by atoms with van der Waals surface area (Å²) in [4.78, 5) is 29.2. The maximum absolute atomic E-state index is 12.7. The monoisotopic (exact) mass is 308 g/mol. The van der Waals surface area contributed by atoms with Crippen LogP contribution >= 0.6 is 0 Å². The molecule has 0 aromatic carbocycles. The van der Waals surface area contributed by atoms with Crippen LogP contribution in [0.15, 0.2) is 0 Å². The van der Waals surface area contributed by atoms with Gasteiger partial charge in [-0.15, -0.1) is 0 Å². The zero-order chi connectivity index (χ0) is 16.7. The predicted molar refractivity (Wildman–Crippen MR) is 88.3 cm³/mol. The minimum atomic E-state index is -0.231. The number of nitrogens with zero attached hydrogens (tertiary/aromatic N) is 2. The van der Waals surface area contributed by atoms with Gasteiger partial charge in [-0.05, 0) is 23.7 Å². The van der Waals surface area contributed by atoms with E-state index in [1.165, 1.54) is 0 Å². The molecule has 0 saturated carbocycles. The highest BCUT2D eigenvalue weighted by molar-refractivity contribution is 5.87. The molecule has 4 heteroatoms. The van der Waals surface area contributed by atoms with Gasteiger partial charge < -0.3 is 9.80 Å². The molecule has 2 saturated heterocycles. The minimum Gasteiger partial charge on any atom is -0.342 e. The first-order valence-corrected chi connectivity index (χ1v) is 8.60. The fourth-order valence-corrected chi connectivity index (χ4v) is 3.60. The number of amides is 2. The van der Waals surface area contributed by atoms with E-state index in [4.69, 9.17) is 0 Å². The van der Waals surface area contributed by atoms with Gasteiger partial charge in [0.15, 0.2) is 0 Å². The van der Waals surface area contributed by atoms with E-state index in [2.05, 4.69) is 27.7 Å². The van der Waals surface area contributed by atoms with Crippen molar-refractivity contribution < 1.29 is 9.59 Å². The molecular formula is C18H32N2O2. The van der Waals surface area contributed by atoms with E-state index in [-0.39, 0.29) is 34.5 Å². The SMILES string of the molecule is C[C@@H](C(=O)N1CCC(C)(C)C1)[C@@H](C)C(=O)N1CCC(C)(C)C1. The van der Waals surface area contributed by atoms with Crippen molar-refractivity contribution in [3.05, 3.63) is 0 Å². The molecule has 0 bridgehead atoms. The summed E-state index contributed by atoms with van der Waals surface area (Å²) in [5.74, 6) is -0.176. The normalized spacial score (nSPS) is 26.1. The van der Waals surface area contributed by atoms with Gasteiger partial charge in [-0.2, -0.15) is 0 Å². The van der Waals surface area contributed by atoms with E-state index >= 15 is 0 Å². The van der Waals surface area contributed by atoms with Crippen molar-refractivity contribution in [1.29, 1.82) is 0 Å². The second kappa shape index (κ2) is 5.86. The summed E-state index contributed by atoms with van der Waals surface area (Å²) in [7, 11) is 0. The molecule has 0 unspecified atom stereocenters. The number of hydrogen-bond acceptors (Lipinski definition) is 2. The van der Waals surface area contributed by atoms with Gasteiger partial charge in [-0.3, -0.25) is 9.59 Å². The van der Waals surface area contributed by atoms with Gasteiger partial charge in [0, 0.05) is 38.0 Å². The Balaban J connectivity index is 1.95. The van der Waals surface area contributed by atoms with Crippen molar-refractivity contribution in [2.24, 2.45) is 22.7 Å². The molecule has 126 valence electrons. The molecule has 22 heavy (non-hydrogen) atoms. The van der Waals surface area contributed by atoms with Crippen molar-refractivity contribution in [3.8, 4) is 0 Å². The summed E-state index contributed by atoms with van der Waals surface area (Å²) in [6.07, 6.45) is 2.10. The van der Waals surface area contributed by atoms with Crippen LogP contribution in [0.4, 0.5) is 0 Å². The summed E-state index contributed by atoms with van der Waals surface area (Å²) >= 11 is 0. The Bertz CT molecular complexity index is 414. The quantitative estimate of drug-likeness (QED) is 0.804. The zero-order valence-electron chi connectivity index (χ0n) is 15.1. The fraction of sp³-hybridized carbons (Fsp3) is 0.889. The molecule has 2 amide bonds. The molecule has 0 aromatic heterocycles. The van der Waals surface area contributed by atoms with Crippen molar-refractivity contribution >= 4 is 11.8 Å². The highest BCUT2D eigenvalue weighted by atomic mass is 16.2. The predicted octanol–water partition coefficient (Wildman–Crippen LogP) is 2.78. The van der Waals surface area contributed by atoms with E-state index in [1.807, 2.05) is 23.6 Å². The molecule has 0 radical (unpaired) electrons. The zero-order valence-corrected chi connectivity index (χ0v) is 15.1.